The van der Waals surface area contributed by atoms with E-state index in [1.54, 1.807) is 0 Å². The van der Waals surface area contributed by atoms with E-state index in [-0.39, 0.29) is 13.2 Å². The van der Waals surface area contributed by atoms with Crippen LogP contribution in [0.5, 0.6) is 0 Å². The van der Waals surface area contributed by atoms with Gasteiger partial charge in [-0.25, -0.2) is 0 Å². The summed E-state index contributed by atoms with van der Waals surface area (Å²) in [5, 5.41) is 14.6. The fraction of sp³-hybridized carbons (Fsp3) is 0.429. The molecule has 2 aromatic rings. The van der Waals surface area contributed by atoms with Crippen molar-refractivity contribution in [1.82, 2.24) is 0 Å². The highest BCUT2D eigenvalue weighted by atomic mass is 16.7. The van der Waals surface area contributed by atoms with Crippen molar-refractivity contribution in [3.05, 3.63) is 82.2 Å². The lowest BCUT2D eigenvalue weighted by Crippen LogP contribution is -2.59. The summed E-state index contributed by atoms with van der Waals surface area (Å²) in [6.07, 6.45) is -3.37. The van der Waals surface area contributed by atoms with Gasteiger partial charge in [-0.15, -0.1) is 0 Å². The Morgan fingerprint density at radius 3 is 2.24 bits per heavy atom. The topological polar surface area (TPSA) is 106 Å². The standard InChI is InChI=1S/C21H25N3O5/c1-26-21-18(23-24-22)20(28-13-16-10-6-3-7-11-16)19(25)17(29-21)14-27-12-15-8-4-2-5-9-15/h2-11,17-21,25H,12-14H2,1H3/t17?,18?,19-,20+,21+/m0/s1. The van der Waals surface area contributed by atoms with Crippen LogP contribution in [0.4, 0.5) is 0 Å². The van der Waals surface area contributed by atoms with Gasteiger partial charge in [0.15, 0.2) is 6.29 Å². The van der Waals surface area contributed by atoms with E-state index in [1.807, 2.05) is 60.7 Å². The Bertz CT molecular complexity index is 785. The highest BCUT2D eigenvalue weighted by Crippen LogP contribution is 2.28. The first-order valence-electron chi connectivity index (χ1n) is 9.40. The molecule has 5 atom stereocenters. The quantitative estimate of drug-likeness (QED) is 0.396. The normalized spacial score (nSPS) is 26.6. The molecule has 1 saturated heterocycles. The zero-order valence-corrected chi connectivity index (χ0v) is 16.2. The molecule has 2 unspecified atom stereocenters. The molecule has 8 heteroatoms. The van der Waals surface area contributed by atoms with Gasteiger partial charge in [-0.2, -0.15) is 0 Å². The van der Waals surface area contributed by atoms with Gasteiger partial charge >= 0.3 is 0 Å². The van der Waals surface area contributed by atoms with E-state index in [4.69, 9.17) is 24.5 Å². The van der Waals surface area contributed by atoms with Crippen molar-refractivity contribution in [2.24, 2.45) is 5.11 Å². The minimum atomic E-state index is -1.05. The Balaban J connectivity index is 1.67. The van der Waals surface area contributed by atoms with Crippen LogP contribution in [0.3, 0.4) is 0 Å². The molecule has 1 heterocycles. The molecule has 0 aliphatic carbocycles. The molecule has 0 saturated carbocycles. The summed E-state index contributed by atoms with van der Waals surface area (Å²) in [6.45, 7) is 0.790. The second-order valence-corrected chi connectivity index (χ2v) is 6.73. The molecule has 0 aromatic heterocycles. The van der Waals surface area contributed by atoms with Crippen LogP contribution in [0.15, 0.2) is 65.8 Å². The van der Waals surface area contributed by atoms with Crippen LogP contribution in [0, 0.1) is 0 Å². The fourth-order valence-corrected chi connectivity index (χ4v) is 3.25. The van der Waals surface area contributed by atoms with Crippen LogP contribution in [-0.4, -0.2) is 49.5 Å². The van der Waals surface area contributed by atoms with Crippen LogP contribution in [0.2, 0.25) is 0 Å². The molecule has 3 rings (SSSR count). The number of nitrogens with zero attached hydrogens (tertiary/aromatic N) is 3. The van der Waals surface area contributed by atoms with Crippen molar-refractivity contribution in [3.8, 4) is 0 Å². The van der Waals surface area contributed by atoms with E-state index < -0.39 is 30.6 Å². The van der Waals surface area contributed by atoms with E-state index in [0.717, 1.165) is 11.1 Å². The van der Waals surface area contributed by atoms with Gasteiger partial charge in [0.25, 0.3) is 0 Å². The number of hydrogen-bond acceptors (Lipinski definition) is 6. The van der Waals surface area contributed by atoms with Gasteiger partial charge in [0.1, 0.15) is 18.2 Å². The molecule has 2 aromatic carbocycles. The maximum absolute atomic E-state index is 10.8. The van der Waals surface area contributed by atoms with Crippen molar-refractivity contribution >= 4 is 0 Å². The van der Waals surface area contributed by atoms with Gasteiger partial charge in [0.05, 0.1) is 25.9 Å². The average molecular weight is 399 g/mol. The minimum Gasteiger partial charge on any atom is -0.388 e. The number of aliphatic hydroxyl groups is 1. The maximum atomic E-state index is 10.8. The Morgan fingerprint density at radius 1 is 1.03 bits per heavy atom. The molecule has 0 bridgehead atoms. The predicted octanol–water partition coefficient (Wildman–Crippen LogP) is 3.20. The Morgan fingerprint density at radius 2 is 1.66 bits per heavy atom. The second-order valence-electron chi connectivity index (χ2n) is 6.73. The van der Waals surface area contributed by atoms with Gasteiger partial charge < -0.3 is 24.1 Å². The third-order valence-corrected chi connectivity index (χ3v) is 4.74. The molecule has 1 fully saturated rings. The van der Waals surface area contributed by atoms with E-state index >= 15 is 0 Å². The molecule has 1 aliphatic rings. The van der Waals surface area contributed by atoms with Crippen molar-refractivity contribution in [1.29, 1.82) is 0 Å². The molecular weight excluding hydrogens is 374 g/mol. The number of ether oxygens (including phenoxy) is 4. The highest BCUT2D eigenvalue weighted by Gasteiger charge is 2.46. The first-order valence-corrected chi connectivity index (χ1v) is 9.40. The van der Waals surface area contributed by atoms with Crippen LogP contribution < -0.4 is 0 Å². The summed E-state index contributed by atoms with van der Waals surface area (Å²) in [7, 11) is 1.46. The lowest BCUT2D eigenvalue weighted by molar-refractivity contribution is -0.270. The third-order valence-electron chi connectivity index (χ3n) is 4.74. The van der Waals surface area contributed by atoms with E-state index in [9.17, 15) is 5.11 Å². The van der Waals surface area contributed by atoms with E-state index in [2.05, 4.69) is 10.0 Å². The molecule has 0 radical (unpaired) electrons. The van der Waals surface area contributed by atoms with Crippen LogP contribution in [0.25, 0.3) is 10.4 Å². The van der Waals surface area contributed by atoms with Gasteiger partial charge in [0, 0.05) is 12.0 Å². The molecule has 29 heavy (non-hydrogen) atoms. The summed E-state index contributed by atoms with van der Waals surface area (Å²) >= 11 is 0. The SMILES string of the molecule is CO[C@@H]1OC(COCc2ccccc2)[C@H](O)[C@H](OCc2ccccc2)C1N=[N+]=[N-]. The smallest absolute Gasteiger partial charge is 0.168 e. The number of rotatable bonds is 9. The van der Waals surface area contributed by atoms with Crippen molar-refractivity contribution in [3.63, 3.8) is 0 Å². The number of hydrogen-bond donors (Lipinski definition) is 1. The Hall–Kier alpha value is -2.45. The molecule has 8 nitrogen and oxygen atoms in total. The summed E-state index contributed by atoms with van der Waals surface area (Å²) in [6, 6.07) is 18.5. The summed E-state index contributed by atoms with van der Waals surface area (Å²) in [5.74, 6) is 0. The number of benzene rings is 2. The molecule has 154 valence electrons. The Labute approximate surface area is 169 Å². The van der Waals surface area contributed by atoms with E-state index in [0.29, 0.717) is 6.61 Å². The largest absolute Gasteiger partial charge is 0.388 e. The Kier molecular flexibility index (Phi) is 8.01. The van der Waals surface area contributed by atoms with Crippen LogP contribution in [0.1, 0.15) is 11.1 Å². The number of azide groups is 1. The minimum absolute atomic E-state index is 0.143. The maximum Gasteiger partial charge on any atom is 0.168 e. The van der Waals surface area contributed by atoms with Crippen molar-refractivity contribution in [2.45, 2.75) is 43.9 Å². The van der Waals surface area contributed by atoms with Crippen molar-refractivity contribution < 1.29 is 24.1 Å². The zero-order valence-electron chi connectivity index (χ0n) is 16.2. The van der Waals surface area contributed by atoms with Crippen LogP contribution in [-0.2, 0) is 32.2 Å². The molecule has 1 aliphatic heterocycles. The molecule has 0 spiro atoms. The lowest BCUT2D eigenvalue weighted by atomic mass is 9.97. The lowest BCUT2D eigenvalue weighted by Gasteiger charge is -2.42. The molecule has 1 N–H and O–H groups in total. The first-order chi connectivity index (χ1) is 14.2. The van der Waals surface area contributed by atoms with Gasteiger partial charge in [-0.3, -0.25) is 0 Å². The zero-order chi connectivity index (χ0) is 20.5. The summed E-state index contributed by atoms with van der Waals surface area (Å²) < 4.78 is 22.8. The third kappa shape index (κ3) is 5.77. The average Bonchev–Trinajstić information content (AvgIpc) is 2.76. The van der Waals surface area contributed by atoms with Crippen LogP contribution >= 0.6 is 0 Å². The summed E-state index contributed by atoms with van der Waals surface area (Å²) in [5.41, 5.74) is 10.9. The summed E-state index contributed by atoms with van der Waals surface area (Å²) in [4.78, 5) is 2.87. The van der Waals surface area contributed by atoms with E-state index in [1.165, 1.54) is 7.11 Å². The monoisotopic (exact) mass is 399 g/mol. The van der Waals surface area contributed by atoms with Gasteiger partial charge in [0.2, 0.25) is 0 Å². The van der Waals surface area contributed by atoms with Gasteiger partial charge in [-0.1, -0.05) is 65.8 Å². The second kappa shape index (κ2) is 10.9. The van der Waals surface area contributed by atoms with Gasteiger partial charge in [-0.05, 0) is 16.7 Å². The first kappa shape index (κ1) is 21.3. The fourth-order valence-electron chi connectivity index (χ4n) is 3.25. The highest BCUT2D eigenvalue weighted by molar-refractivity contribution is 5.14. The number of aliphatic hydroxyl groups excluding tert-OH is 1. The molecule has 0 amide bonds. The van der Waals surface area contributed by atoms with Crippen molar-refractivity contribution in [2.75, 3.05) is 13.7 Å². The number of methoxy groups -OCH3 is 1. The predicted molar refractivity (Wildman–Crippen MR) is 106 cm³/mol. The molecular formula is C21H25N3O5.